The van der Waals surface area contributed by atoms with Crippen LogP contribution >= 0.6 is 0 Å². The van der Waals surface area contributed by atoms with Gasteiger partial charge in [-0.2, -0.15) is 0 Å². The molecule has 0 aliphatic carbocycles. The zero-order chi connectivity index (χ0) is 17.0. The lowest BCUT2D eigenvalue weighted by Gasteiger charge is -2.34. The van der Waals surface area contributed by atoms with Crippen LogP contribution in [-0.4, -0.2) is 36.5 Å². The lowest BCUT2D eigenvalue weighted by atomic mass is 9.92. The van der Waals surface area contributed by atoms with E-state index in [4.69, 9.17) is 10.5 Å². The molecule has 1 aliphatic heterocycles. The average Bonchev–Trinajstić information content (AvgIpc) is 2.52. The standard InChI is InChI=1S/C19H30N2O2/c1-13(2)17-8-7-14(3)10-18(17)23-12-19(22)21-9-5-6-16(11-21)15(4)20/h7-8,10,13,15-16H,5-6,9,11-12,20H2,1-4H3/t15-,16-/m0/s1. The molecule has 2 atom stereocenters. The Bertz CT molecular complexity index is 540. The second-order valence-corrected chi connectivity index (χ2v) is 7.09. The maximum Gasteiger partial charge on any atom is 0.260 e. The molecule has 2 rings (SSSR count). The maximum atomic E-state index is 12.5. The molecule has 1 aliphatic rings. The number of nitrogens with two attached hydrogens (primary N) is 1. The number of rotatable bonds is 5. The van der Waals surface area contributed by atoms with Gasteiger partial charge in [0.15, 0.2) is 6.61 Å². The molecule has 0 saturated carbocycles. The Hall–Kier alpha value is -1.55. The topological polar surface area (TPSA) is 55.6 Å². The highest BCUT2D eigenvalue weighted by atomic mass is 16.5. The number of hydrogen-bond donors (Lipinski definition) is 1. The van der Waals surface area contributed by atoms with Crippen LogP contribution in [0.1, 0.15) is 50.7 Å². The lowest BCUT2D eigenvalue weighted by Crippen LogP contribution is -2.46. The van der Waals surface area contributed by atoms with Crippen molar-refractivity contribution in [3.05, 3.63) is 29.3 Å². The third-order valence-corrected chi connectivity index (χ3v) is 4.70. The number of carbonyl (C=O) groups excluding carboxylic acids is 1. The third kappa shape index (κ3) is 4.71. The molecule has 23 heavy (non-hydrogen) atoms. The number of carbonyl (C=O) groups is 1. The van der Waals surface area contributed by atoms with E-state index in [1.54, 1.807) is 0 Å². The number of nitrogens with zero attached hydrogens (tertiary/aromatic N) is 1. The summed E-state index contributed by atoms with van der Waals surface area (Å²) in [7, 11) is 0. The van der Waals surface area contributed by atoms with E-state index in [1.165, 1.54) is 0 Å². The van der Waals surface area contributed by atoms with Crippen molar-refractivity contribution in [3.8, 4) is 5.75 Å². The van der Waals surface area contributed by atoms with Crippen LogP contribution < -0.4 is 10.5 Å². The Balaban J connectivity index is 1.98. The van der Waals surface area contributed by atoms with Crippen LogP contribution in [-0.2, 0) is 4.79 Å². The van der Waals surface area contributed by atoms with E-state index in [0.29, 0.717) is 11.8 Å². The first kappa shape index (κ1) is 17.8. The van der Waals surface area contributed by atoms with Gasteiger partial charge in [0.25, 0.3) is 5.91 Å². The Kier molecular flexibility index (Phi) is 6.05. The molecule has 2 N–H and O–H groups in total. The van der Waals surface area contributed by atoms with E-state index in [0.717, 1.165) is 42.8 Å². The lowest BCUT2D eigenvalue weighted by molar-refractivity contribution is -0.135. The van der Waals surface area contributed by atoms with E-state index in [2.05, 4.69) is 26.0 Å². The molecule has 1 heterocycles. The molecule has 1 aromatic carbocycles. The Morgan fingerprint density at radius 1 is 1.39 bits per heavy atom. The van der Waals surface area contributed by atoms with Crippen LogP contribution in [0.4, 0.5) is 0 Å². The highest BCUT2D eigenvalue weighted by Gasteiger charge is 2.26. The maximum absolute atomic E-state index is 12.5. The zero-order valence-corrected chi connectivity index (χ0v) is 14.8. The van der Waals surface area contributed by atoms with Crippen molar-refractivity contribution >= 4 is 5.91 Å². The van der Waals surface area contributed by atoms with Gasteiger partial charge in [-0.1, -0.05) is 26.0 Å². The van der Waals surface area contributed by atoms with Crippen molar-refractivity contribution in [2.24, 2.45) is 11.7 Å². The quantitative estimate of drug-likeness (QED) is 0.907. The zero-order valence-electron chi connectivity index (χ0n) is 14.8. The second-order valence-electron chi connectivity index (χ2n) is 7.09. The predicted octanol–water partition coefficient (Wildman–Crippen LogP) is 3.08. The van der Waals surface area contributed by atoms with E-state index >= 15 is 0 Å². The molecule has 0 unspecified atom stereocenters. The first-order valence-electron chi connectivity index (χ1n) is 8.65. The molecule has 0 radical (unpaired) electrons. The fourth-order valence-corrected chi connectivity index (χ4v) is 3.14. The van der Waals surface area contributed by atoms with Crippen LogP contribution in [0.2, 0.25) is 0 Å². The summed E-state index contributed by atoms with van der Waals surface area (Å²) in [5.74, 6) is 1.66. The molecular weight excluding hydrogens is 288 g/mol. The van der Waals surface area contributed by atoms with E-state index < -0.39 is 0 Å². The number of aryl methyl sites for hydroxylation is 1. The molecule has 4 heteroatoms. The minimum Gasteiger partial charge on any atom is -0.483 e. The minimum absolute atomic E-state index is 0.0616. The van der Waals surface area contributed by atoms with Gasteiger partial charge in [-0.15, -0.1) is 0 Å². The highest BCUT2D eigenvalue weighted by Crippen LogP contribution is 2.27. The highest BCUT2D eigenvalue weighted by molar-refractivity contribution is 5.78. The summed E-state index contributed by atoms with van der Waals surface area (Å²) in [6, 6.07) is 6.33. The Morgan fingerprint density at radius 3 is 2.78 bits per heavy atom. The van der Waals surface area contributed by atoms with E-state index in [9.17, 15) is 4.79 Å². The van der Waals surface area contributed by atoms with Crippen molar-refractivity contribution in [2.45, 2.75) is 52.5 Å². The minimum atomic E-state index is 0.0616. The third-order valence-electron chi connectivity index (χ3n) is 4.70. The van der Waals surface area contributed by atoms with Gasteiger partial charge in [-0.3, -0.25) is 4.79 Å². The smallest absolute Gasteiger partial charge is 0.260 e. The Labute approximate surface area is 140 Å². The summed E-state index contributed by atoms with van der Waals surface area (Å²) in [6.45, 7) is 10.0. The van der Waals surface area contributed by atoms with Crippen LogP contribution in [0, 0.1) is 12.8 Å². The average molecular weight is 318 g/mol. The normalized spacial score (nSPS) is 19.7. The SMILES string of the molecule is Cc1ccc(C(C)C)c(OCC(=O)N2CCC[C@H]([C@H](C)N)C2)c1. The van der Waals surface area contributed by atoms with Crippen LogP contribution in [0.25, 0.3) is 0 Å². The van der Waals surface area contributed by atoms with Crippen LogP contribution in [0.5, 0.6) is 5.75 Å². The number of hydrogen-bond acceptors (Lipinski definition) is 3. The summed E-state index contributed by atoms with van der Waals surface area (Å²) in [5.41, 5.74) is 8.29. The molecule has 1 fully saturated rings. The van der Waals surface area contributed by atoms with Crippen LogP contribution in [0.3, 0.4) is 0 Å². The fourth-order valence-electron chi connectivity index (χ4n) is 3.14. The molecule has 1 amide bonds. The number of amides is 1. The van der Waals surface area contributed by atoms with Crippen molar-refractivity contribution in [3.63, 3.8) is 0 Å². The molecular formula is C19H30N2O2. The second kappa shape index (κ2) is 7.82. The predicted molar refractivity (Wildman–Crippen MR) is 93.7 cm³/mol. The first-order valence-corrected chi connectivity index (χ1v) is 8.65. The van der Waals surface area contributed by atoms with E-state index in [1.807, 2.05) is 24.8 Å². The van der Waals surface area contributed by atoms with Gasteiger partial charge in [-0.25, -0.2) is 0 Å². The van der Waals surface area contributed by atoms with Gasteiger partial charge in [0.05, 0.1) is 0 Å². The number of benzene rings is 1. The van der Waals surface area contributed by atoms with Gasteiger partial charge in [-0.05, 0) is 55.7 Å². The van der Waals surface area contributed by atoms with Gasteiger partial charge in [0, 0.05) is 19.1 Å². The molecule has 1 aromatic rings. The van der Waals surface area contributed by atoms with Crippen molar-refractivity contribution in [1.82, 2.24) is 4.90 Å². The number of piperidine rings is 1. The van der Waals surface area contributed by atoms with Crippen molar-refractivity contribution in [1.29, 1.82) is 0 Å². The first-order chi connectivity index (χ1) is 10.9. The molecule has 4 nitrogen and oxygen atoms in total. The summed E-state index contributed by atoms with van der Waals surface area (Å²) < 4.78 is 5.87. The molecule has 0 bridgehead atoms. The molecule has 1 saturated heterocycles. The van der Waals surface area contributed by atoms with Gasteiger partial charge in [0.2, 0.25) is 0 Å². The van der Waals surface area contributed by atoms with Gasteiger partial charge < -0.3 is 15.4 Å². The van der Waals surface area contributed by atoms with Gasteiger partial charge in [0.1, 0.15) is 5.75 Å². The molecule has 0 aromatic heterocycles. The van der Waals surface area contributed by atoms with E-state index in [-0.39, 0.29) is 18.6 Å². The van der Waals surface area contributed by atoms with Crippen LogP contribution in [0.15, 0.2) is 18.2 Å². The summed E-state index contributed by atoms with van der Waals surface area (Å²) in [6.07, 6.45) is 2.14. The summed E-state index contributed by atoms with van der Waals surface area (Å²) >= 11 is 0. The molecule has 0 spiro atoms. The van der Waals surface area contributed by atoms with Gasteiger partial charge >= 0.3 is 0 Å². The fraction of sp³-hybridized carbons (Fsp3) is 0.632. The largest absolute Gasteiger partial charge is 0.483 e. The van der Waals surface area contributed by atoms with Crippen molar-refractivity contribution < 1.29 is 9.53 Å². The van der Waals surface area contributed by atoms with Crippen molar-refractivity contribution in [2.75, 3.05) is 19.7 Å². The summed E-state index contributed by atoms with van der Waals surface area (Å²) in [4.78, 5) is 14.4. The number of likely N-dealkylation sites (tertiary alicyclic amines) is 1. The monoisotopic (exact) mass is 318 g/mol. The molecule has 128 valence electrons. The number of ether oxygens (including phenoxy) is 1. The Morgan fingerprint density at radius 2 is 2.13 bits per heavy atom. The summed E-state index contributed by atoms with van der Waals surface area (Å²) in [5, 5.41) is 0.